The Balaban J connectivity index is 1.57. The summed E-state index contributed by atoms with van der Waals surface area (Å²) < 4.78 is 5.77. The van der Waals surface area contributed by atoms with E-state index in [2.05, 4.69) is 9.97 Å². The van der Waals surface area contributed by atoms with E-state index < -0.39 is 0 Å². The van der Waals surface area contributed by atoms with Crippen molar-refractivity contribution in [3.8, 4) is 6.01 Å². The highest BCUT2D eigenvalue weighted by Gasteiger charge is 2.25. The minimum absolute atomic E-state index is 0.0316. The molecule has 1 saturated heterocycles. The van der Waals surface area contributed by atoms with Crippen molar-refractivity contribution in [1.29, 1.82) is 0 Å². The molecule has 1 atom stereocenters. The van der Waals surface area contributed by atoms with E-state index >= 15 is 0 Å². The van der Waals surface area contributed by atoms with Crippen LogP contribution in [0.25, 0.3) is 0 Å². The number of piperidine rings is 1. The molecule has 22 heavy (non-hydrogen) atoms. The van der Waals surface area contributed by atoms with E-state index in [0.717, 1.165) is 24.9 Å². The second kappa shape index (κ2) is 7.02. The summed E-state index contributed by atoms with van der Waals surface area (Å²) >= 11 is 0. The molecular formula is C17H19N3O2. The van der Waals surface area contributed by atoms with Gasteiger partial charge in [0.2, 0.25) is 5.91 Å². The van der Waals surface area contributed by atoms with E-state index in [4.69, 9.17) is 4.74 Å². The second-order valence-corrected chi connectivity index (χ2v) is 5.42. The van der Waals surface area contributed by atoms with Crippen LogP contribution in [0.15, 0.2) is 48.8 Å². The zero-order chi connectivity index (χ0) is 15.2. The molecule has 0 radical (unpaired) electrons. The minimum Gasteiger partial charge on any atom is -0.458 e. The van der Waals surface area contributed by atoms with Crippen LogP contribution in [0.2, 0.25) is 0 Å². The lowest BCUT2D eigenvalue weighted by atomic mass is 10.1. The highest BCUT2D eigenvalue weighted by molar-refractivity contribution is 5.78. The number of ether oxygens (including phenoxy) is 1. The van der Waals surface area contributed by atoms with Gasteiger partial charge in [-0.2, -0.15) is 0 Å². The van der Waals surface area contributed by atoms with Gasteiger partial charge in [0.05, 0.1) is 13.0 Å². The van der Waals surface area contributed by atoms with E-state index in [9.17, 15) is 4.79 Å². The zero-order valence-corrected chi connectivity index (χ0v) is 12.4. The average molecular weight is 297 g/mol. The van der Waals surface area contributed by atoms with Crippen LogP contribution in [0, 0.1) is 0 Å². The number of benzene rings is 1. The summed E-state index contributed by atoms with van der Waals surface area (Å²) in [5.74, 6) is 0.147. The molecule has 2 aromatic rings. The molecule has 5 heteroatoms. The number of hydrogen-bond donors (Lipinski definition) is 0. The van der Waals surface area contributed by atoms with Crippen molar-refractivity contribution in [3.63, 3.8) is 0 Å². The summed E-state index contributed by atoms with van der Waals surface area (Å²) in [5, 5.41) is 0. The fraction of sp³-hybridized carbons (Fsp3) is 0.353. The number of aromatic nitrogens is 2. The number of amides is 1. The number of likely N-dealkylation sites (tertiary alicyclic amines) is 1. The van der Waals surface area contributed by atoms with Crippen molar-refractivity contribution in [2.75, 3.05) is 13.1 Å². The fourth-order valence-electron chi connectivity index (χ4n) is 2.64. The van der Waals surface area contributed by atoms with Crippen molar-refractivity contribution >= 4 is 5.91 Å². The molecule has 0 N–H and O–H groups in total. The average Bonchev–Trinajstić information content (AvgIpc) is 2.57. The molecule has 1 fully saturated rings. The van der Waals surface area contributed by atoms with Crippen LogP contribution in [-0.2, 0) is 11.2 Å². The van der Waals surface area contributed by atoms with Crippen LogP contribution in [0.1, 0.15) is 18.4 Å². The standard InChI is InChI=1S/C17H19N3O2/c21-16(12-14-6-2-1-3-7-14)20-11-4-8-15(13-20)22-17-18-9-5-10-19-17/h1-3,5-7,9-10,15H,4,8,11-13H2/t15-/m1/s1. The normalized spacial score (nSPS) is 18.0. The Morgan fingerprint density at radius 2 is 1.95 bits per heavy atom. The maximum atomic E-state index is 12.4. The van der Waals surface area contributed by atoms with Gasteiger partial charge in [0, 0.05) is 18.9 Å². The smallest absolute Gasteiger partial charge is 0.316 e. The number of hydrogen-bond acceptors (Lipinski definition) is 4. The summed E-state index contributed by atoms with van der Waals surface area (Å²) in [4.78, 5) is 22.4. The van der Waals surface area contributed by atoms with Crippen LogP contribution in [0.3, 0.4) is 0 Å². The molecule has 0 spiro atoms. The number of carbonyl (C=O) groups excluding carboxylic acids is 1. The third-order valence-electron chi connectivity index (χ3n) is 3.74. The van der Waals surface area contributed by atoms with E-state index in [1.54, 1.807) is 18.5 Å². The Kier molecular flexibility index (Phi) is 4.63. The Hall–Kier alpha value is -2.43. The molecule has 0 bridgehead atoms. The quantitative estimate of drug-likeness (QED) is 0.867. The minimum atomic E-state index is -0.0316. The van der Waals surface area contributed by atoms with Crippen molar-refractivity contribution in [3.05, 3.63) is 54.4 Å². The van der Waals surface area contributed by atoms with Gasteiger partial charge in [-0.25, -0.2) is 9.97 Å². The largest absolute Gasteiger partial charge is 0.458 e. The second-order valence-electron chi connectivity index (χ2n) is 5.42. The SMILES string of the molecule is O=C(Cc1ccccc1)N1CCC[C@@H](Oc2ncccn2)C1. The number of rotatable bonds is 4. The lowest BCUT2D eigenvalue weighted by molar-refractivity contribution is -0.133. The van der Waals surface area contributed by atoms with Gasteiger partial charge in [0.25, 0.3) is 0 Å². The van der Waals surface area contributed by atoms with Crippen molar-refractivity contribution in [2.45, 2.75) is 25.4 Å². The van der Waals surface area contributed by atoms with Crippen LogP contribution in [-0.4, -0.2) is 40.0 Å². The molecule has 114 valence electrons. The summed E-state index contributed by atoms with van der Waals surface area (Å²) in [7, 11) is 0. The summed E-state index contributed by atoms with van der Waals surface area (Å²) in [6, 6.07) is 12.0. The first-order valence-electron chi connectivity index (χ1n) is 7.56. The van der Waals surface area contributed by atoms with Crippen LogP contribution in [0.5, 0.6) is 6.01 Å². The zero-order valence-electron chi connectivity index (χ0n) is 12.4. The maximum absolute atomic E-state index is 12.4. The monoisotopic (exact) mass is 297 g/mol. The lowest BCUT2D eigenvalue weighted by Crippen LogP contribution is -2.45. The highest BCUT2D eigenvalue weighted by Crippen LogP contribution is 2.16. The molecule has 1 aromatic carbocycles. The van der Waals surface area contributed by atoms with Gasteiger partial charge in [-0.05, 0) is 24.5 Å². The number of nitrogens with zero attached hydrogens (tertiary/aromatic N) is 3. The molecule has 1 aliphatic heterocycles. The van der Waals surface area contributed by atoms with Gasteiger partial charge >= 0.3 is 6.01 Å². The molecule has 5 nitrogen and oxygen atoms in total. The van der Waals surface area contributed by atoms with E-state index in [1.165, 1.54) is 0 Å². The first kappa shape index (κ1) is 14.5. The Bertz CT molecular complexity index is 604. The molecule has 0 unspecified atom stereocenters. The topological polar surface area (TPSA) is 55.3 Å². The summed E-state index contributed by atoms with van der Waals surface area (Å²) in [5.41, 5.74) is 1.04. The van der Waals surface area contributed by atoms with Crippen molar-refractivity contribution in [2.24, 2.45) is 0 Å². The third-order valence-corrected chi connectivity index (χ3v) is 3.74. The van der Waals surface area contributed by atoms with Crippen LogP contribution >= 0.6 is 0 Å². The Morgan fingerprint density at radius 1 is 1.18 bits per heavy atom. The van der Waals surface area contributed by atoms with E-state index in [0.29, 0.717) is 19.0 Å². The van der Waals surface area contributed by atoms with Crippen LogP contribution in [0.4, 0.5) is 0 Å². The van der Waals surface area contributed by atoms with Crippen LogP contribution < -0.4 is 4.74 Å². The van der Waals surface area contributed by atoms with Gasteiger partial charge < -0.3 is 9.64 Å². The first-order chi connectivity index (χ1) is 10.8. The molecular weight excluding hydrogens is 278 g/mol. The Labute approximate surface area is 130 Å². The third kappa shape index (κ3) is 3.81. The maximum Gasteiger partial charge on any atom is 0.316 e. The van der Waals surface area contributed by atoms with Crippen molar-refractivity contribution < 1.29 is 9.53 Å². The molecule has 0 saturated carbocycles. The molecule has 1 aromatic heterocycles. The van der Waals surface area contributed by atoms with E-state index in [-0.39, 0.29) is 12.0 Å². The predicted octanol–water partition coefficient (Wildman–Crippen LogP) is 2.09. The van der Waals surface area contributed by atoms with E-state index in [1.807, 2.05) is 35.2 Å². The highest BCUT2D eigenvalue weighted by atomic mass is 16.5. The van der Waals surface area contributed by atoms with Gasteiger partial charge in [0.15, 0.2) is 0 Å². The van der Waals surface area contributed by atoms with Gasteiger partial charge in [0.1, 0.15) is 6.10 Å². The first-order valence-corrected chi connectivity index (χ1v) is 7.56. The lowest BCUT2D eigenvalue weighted by Gasteiger charge is -2.32. The number of carbonyl (C=O) groups is 1. The fourth-order valence-corrected chi connectivity index (χ4v) is 2.64. The molecule has 1 aliphatic rings. The van der Waals surface area contributed by atoms with Gasteiger partial charge in [-0.3, -0.25) is 4.79 Å². The van der Waals surface area contributed by atoms with Gasteiger partial charge in [-0.1, -0.05) is 30.3 Å². The summed E-state index contributed by atoms with van der Waals surface area (Å²) in [6.45, 7) is 1.39. The Morgan fingerprint density at radius 3 is 2.73 bits per heavy atom. The van der Waals surface area contributed by atoms with Crippen molar-refractivity contribution in [1.82, 2.24) is 14.9 Å². The molecule has 2 heterocycles. The molecule has 1 amide bonds. The molecule has 0 aliphatic carbocycles. The molecule has 3 rings (SSSR count). The van der Waals surface area contributed by atoms with Gasteiger partial charge in [-0.15, -0.1) is 0 Å². The predicted molar refractivity (Wildman–Crippen MR) is 82.4 cm³/mol. The summed E-state index contributed by atoms with van der Waals surface area (Å²) in [6.07, 6.45) is 5.59.